The molecule has 4 rings (SSSR count). The second kappa shape index (κ2) is 7.08. The van der Waals surface area contributed by atoms with E-state index in [-0.39, 0.29) is 11.4 Å². The Kier molecular flexibility index (Phi) is 4.80. The van der Waals surface area contributed by atoms with E-state index in [0.29, 0.717) is 11.9 Å². The topological polar surface area (TPSA) is 43.2 Å². The van der Waals surface area contributed by atoms with Gasteiger partial charge >= 0.3 is 0 Å². The Hall–Kier alpha value is -1.79. The van der Waals surface area contributed by atoms with Crippen LogP contribution in [0.2, 0.25) is 0 Å². The van der Waals surface area contributed by atoms with Crippen molar-refractivity contribution in [1.82, 2.24) is 19.7 Å². The van der Waals surface area contributed by atoms with Crippen LogP contribution in [0.15, 0.2) is 24.3 Å². The van der Waals surface area contributed by atoms with Gasteiger partial charge in [-0.25, -0.2) is 14.1 Å². The van der Waals surface area contributed by atoms with Gasteiger partial charge in [0.05, 0.1) is 11.6 Å². The van der Waals surface area contributed by atoms with Gasteiger partial charge < -0.3 is 9.64 Å². The monoisotopic (exact) mass is 358 g/mol. The van der Waals surface area contributed by atoms with E-state index in [9.17, 15) is 4.39 Å². The highest BCUT2D eigenvalue weighted by Crippen LogP contribution is 2.32. The molecule has 2 aliphatic heterocycles. The Morgan fingerprint density at radius 1 is 1.31 bits per heavy atom. The molecule has 0 aliphatic carbocycles. The lowest BCUT2D eigenvalue weighted by Crippen LogP contribution is -2.34. The van der Waals surface area contributed by atoms with Crippen molar-refractivity contribution >= 4 is 0 Å². The summed E-state index contributed by atoms with van der Waals surface area (Å²) in [7, 11) is 2.16. The fourth-order valence-corrected chi connectivity index (χ4v) is 4.07. The lowest BCUT2D eigenvalue weighted by Gasteiger charge is -2.30. The minimum absolute atomic E-state index is 0.171. The molecule has 6 heteroatoms. The highest BCUT2D eigenvalue weighted by Gasteiger charge is 2.33. The molecule has 3 heterocycles. The lowest BCUT2D eigenvalue weighted by atomic mass is 9.97. The van der Waals surface area contributed by atoms with Crippen LogP contribution in [0.5, 0.6) is 0 Å². The fourth-order valence-electron chi connectivity index (χ4n) is 4.07. The van der Waals surface area contributed by atoms with E-state index in [1.54, 1.807) is 6.07 Å². The minimum Gasteiger partial charge on any atom is -0.375 e. The van der Waals surface area contributed by atoms with Gasteiger partial charge in [0.25, 0.3) is 0 Å². The largest absolute Gasteiger partial charge is 0.375 e. The molecule has 0 amide bonds. The van der Waals surface area contributed by atoms with E-state index in [2.05, 4.69) is 23.6 Å². The molecular weight excluding hydrogens is 331 g/mol. The van der Waals surface area contributed by atoms with E-state index >= 15 is 0 Å². The first-order chi connectivity index (χ1) is 12.5. The average molecular weight is 358 g/mol. The van der Waals surface area contributed by atoms with Crippen molar-refractivity contribution < 1.29 is 9.13 Å². The zero-order chi connectivity index (χ0) is 18.1. The van der Waals surface area contributed by atoms with Crippen LogP contribution >= 0.6 is 0 Å². The van der Waals surface area contributed by atoms with Crippen LogP contribution in [-0.4, -0.2) is 52.0 Å². The summed E-state index contributed by atoms with van der Waals surface area (Å²) in [4.78, 5) is 7.17. The maximum absolute atomic E-state index is 13.7. The third kappa shape index (κ3) is 3.67. The number of aromatic nitrogens is 3. The van der Waals surface area contributed by atoms with Gasteiger partial charge in [-0.15, -0.1) is 0 Å². The Labute approximate surface area is 154 Å². The molecule has 1 aromatic carbocycles. The molecular formula is C20H27FN4O. The normalized spacial score (nSPS) is 25.0. The maximum Gasteiger partial charge on any atom is 0.181 e. The summed E-state index contributed by atoms with van der Waals surface area (Å²) >= 11 is 0. The molecule has 2 fully saturated rings. The fraction of sp³-hybridized carbons (Fsp3) is 0.600. The molecule has 26 heavy (non-hydrogen) atoms. The number of likely N-dealkylation sites (tertiary alicyclic amines) is 1. The Bertz CT molecular complexity index is 761. The standard InChI is InChI=1S/C20H27FN4O/c1-20(9-4-12-26-20)14-18-22-19(15-5-3-6-16(21)13-15)23-25(18)17-7-10-24(2)11-8-17/h3,5-6,13,17H,4,7-12,14H2,1-2H3. The van der Waals surface area contributed by atoms with Crippen molar-refractivity contribution in [2.45, 2.75) is 50.7 Å². The van der Waals surface area contributed by atoms with Crippen molar-refractivity contribution in [2.24, 2.45) is 0 Å². The van der Waals surface area contributed by atoms with E-state index in [1.807, 2.05) is 6.07 Å². The van der Waals surface area contributed by atoms with Crippen LogP contribution in [0.4, 0.5) is 4.39 Å². The first-order valence-electron chi connectivity index (χ1n) is 9.56. The Morgan fingerprint density at radius 2 is 2.12 bits per heavy atom. The SMILES string of the molecule is CN1CCC(n2nc(-c3cccc(F)c3)nc2CC2(C)CCCO2)CC1. The van der Waals surface area contributed by atoms with Gasteiger partial charge in [-0.2, -0.15) is 5.10 Å². The third-order valence-electron chi connectivity index (χ3n) is 5.65. The Balaban J connectivity index is 1.67. The highest BCUT2D eigenvalue weighted by atomic mass is 19.1. The molecule has 1 atom stereocenters. The number of hydrogen-bond donors (Lipinski definition) is 0. The second-order valence-electron chi connectivity index (χ2n) is 7.92. The van der Waals surface area contributed by atoms with Crippen LogP contribution in [0, 0.1) is 5.82 Å². The summed E-state index contributed by atoms with van der Waals surface area (Å²) < 4.78 is 21.7. The predicted molar refractivity (Wildman–Crippen MR) is 98.5 cm³/mol. The first-order valence-corrected chi connectivity index (χ1v) is 9.56. The second-order valence-corrected chi connectivity index (χ2v) is 7.92. The molecule has 0 spiro atoms. The molecule has 2 saturated heterocycles. The van der Waals surface area contributed by atoms with Crippen LogP contribution in [0.3, 0.4) is 0 Å². The van der Waals surface area contributed by atoms with E-state index < -0.39 is 0 Å². The van der Waals surface area contributed by atoms with Gasteiger partial charge in [0.1, 0.15) is 11.6 Å². The molecule has 0 radical (unpaired) electrons. The highest BCUT2D eigenvalue weighted by molar-refractivity contribution is 5.54. The molecule has 140 valence electrons. The number of ether oxygens (including phenoxy) is 1. The van der Waals surface area contributed by atoms with Gasteiger partial charge in [-0.05, 0) is 64.9 Å². The van der Waals surface area contributed by atoms with Crippen molar-refractivity contribution in [3.05, 3.63) is 35.9 Å². The van der Waals surface area contributed by atoms with Crippen LogP contribution in [0.1, 0.15) is 44.5 Å². The maximum atomic E-state index is 13.7. The Morgan fingerprint density at radius 3 is 2.81 bits per heavy atom. The van der Waals surface area contributed by atoms with Crippen molar-refractivity contribution in [3.8, 4) is 11.4 Å². The van der Waals surface area contributed by atoms with Crippen LogP contribution in [-0.2, 0) is 11.2 Å². The van der Waals surface area contributed by atoms with Crippen LogP contribution in [0.25, 0.3) is 11.4 Å². The van der Waals surface area contributed by atoms with Gasteiger partial charge in [-0.1, -0.05) is 12.1 Å². The summed E-state index contributed by atoms with van der Waals surface area (Å²) in [5, 5.41) is 4.81. The number of piperidine rings is 1. The van der Waals surface area contributed by atoms with Gasteiger partial charge in [0.2, 0.25) is 0 Å². The van der Waals surface area contributed by atoms with Gasteiger partial charge in [0, 0.05) is 18.6 Å². The summed E-state index contributed by atoms with van der Waals surface area (Å²) in [5.41, 5.74) is 0.561. The average Bonchev–Trinajstić information content (AvgIpc) is 3.23. The number of nitrogens with zero attached hydrogens (tertiary/aromatic N) is 4. The summed E-state index contributed by atoms with van der Waals surface area (Å²) in [6.45, 7) is 5.10. The molecule has 0 bridgehead atoms. The van der Waals surface area contributed by atoms with Gasteiger partial charge in [-0.3, -0.25) is 0 Å². The predicted octanol–water partition coefficient (Wildman–Crippen LogP) is 3.46. The number of hydrogen-bond acceptors (Lipinski definition) is 4. The van der Waals surface area contributed by atoms with Crippen LogP contribution < -0.4 is 0 Å². The molecule has 5 nitrogen and oxygen atoms in total. The van der Waals surface area contributed by atoms with Gasteiger partial charge in [0.15, 0.2) is 5.82 Å². The zero-order valence-electron chi connectivity index (χ0n) is 15.6. The quantitative estimate of drug-likeness (QED) is 0.839. The summed E-state index contributed by atoms with van der Waals surface area (Å²) in [6, 6.07) is 6.88. The number of benzene rings is 1. The van der Waals surface area contributed by atoms with Crippen molar-refractivity contribution in [1.29, 1.82) is 0 Å². The minimum atomic E-state index is -0.259. The number of rotatable bonds is 4. The lowest BCUT2D eigenvalue weighted by molar-refractivity contribution is 0.0177. The molecule has 0 N–H and O–H groups in total. The summed E-state index contributed by atoms with van der Waals surface area (Å²) in [5.74, 6) is 1.31. The van der Waals surface area contributed by atoms with E-state index in [4.69, 9.17) is 14.8 Å². The number of halogens is 1. The molecule has 1 aromatic heterocycles. The molecule has 2 aliphatic rings. The van der Waals surface area contributed by atoms with E-state index in [0.717, 1.165) is 63.2 Å². The summed E-state index contributed by atoms with van der Waals surface area (Å²) in [6.07, 6.45) is 5.01. The van der Waals surface area contributed by atoms with Crippen molar-refractivity contribution in [2.75, 3.05) is 26.7 Å². The van der Waals surface area contributed by atoms with Crippen molar-refractivity contribution in [3.63, 3.8) is 0 Å². The first kappa shape index (κ1) is 17.6. The molecule has 2 aromatic rings. The van der Waals surface area contributed by atoms with E-state index in [1.165, 1.54) is 12.1 Å². The third-order valence-corrected chi connectivity index (χ3v) is 5.65. The zero-order valence-corrected chi connectivity index (χ0v) is 15.6. The molecule has 1 unspecified atom stereocenters. The smallest absolute Gasteiger partial charge is 0.181 e. The molecule has 0 saturated carbocycles.